The van der Waals surface area contributed by atoms with Crippen molar-refractivity contribution in [1.29, 1.82) is 0 Å². The van der Waals surface area contributed by atoms with Gasteiger partial charge in [-0.3, -0.25) is 4.79 Å². The summed E-state index contributed by atoms with van der Waals surface area (Å²) in [5.41, 5.74) is 5.70. The lowest BCUT2D eigenvalue weighted by molar-refractivity contribution is -0.132. The molecule has 0 spiro atoms. The van der Waals surface area contributed by atoms with E-state index >= 15 is 0 Å². The van der Waals surface area contributed by atoms with E-state index in [4.69, 9.17) is 18.0 Å². The quantitative estimate of drug-likeness (QED) is 0.797. The van der Waals surface area contributed by atoms with Gasteiger partial charge in [-0.1, -0.05) is 37.9 Å². The van der Waals surface area contributed by atoms with Crippen LogP contribution in [0, 0.1) is 11.8 Å². The van der Waals surface area contributed by atoms with Gasteiger partial charge in [0.25, 0.3) is 0 Å². The first-order chi connectivity index (χ1) is 8.66. The first kappa shape index (κ1) is 13.8. The van der Waals surface area contributed by atoms with Gasteiger partial charge < -0.3 is 10.6 Å². The van der Waals surface area contributed by atoms with Crippen molar-refractivity contribution in [3.8, 4) is 0 Å². The molecule has 0 aromatic rings. The molecule has 3 nitrogen and oxygen atoms in total. The summed E-state index contributed by atoms with van der Waals surface area (Å²) in [7, 11) is 0. The molecular weight excluding hydrogens is 244 g/mol. The number of rotatable bonds is 4. The third-order valence-electron chi connectivity index (χ3n) is 4.42. The first-order valence-electron chi connectivity index (χ1n) is 7.24. The minimum absolute atomic E-state index is 0.240. The Morgan fingerprint density at radius 3 is 2.61 bits per heavy atom. The molecule has 1 amide bonds. The zero-order valence-electron chi connectivity index (χ0n) is 11.1. The Balaban J connectivity index is 1.75. The molecule has 2 rings (SSSR count). The molecule has 0 aromatic heterocycles. The predicted octanol–water partition coefficient (Wildman–Crippen LogP) is 2.48. The number of likely N-dealkylation sites (tertiary alicyclic amines) is 1. The standard InChI is InChI=1S/C14H24N2OS/c15-14(18)12-6-3-9-16(10-12)13(17)8-7-11-4-1-2-5-11/h11-12H,1-10H2,(H2,15,18). The maximum absolute atomic E-state index is 12.2. The van der Waals surface area contributed by atoms with E-state index in [1.165, 1.54) is 25.7 Å². The van der Waals surface area contributed by atoms with Gasteiger partial charge in [0.1, 0.15) is 0 Å². The highest BCUT2D eigenvalue weighted by molar-refractivity contribution is 7.80. The molecule has 1 heterocycles. The SMILES string of the molecule is NC(=S)C1CCCN(C(=O)CCC2CCCC2)C1. The predicted molar refractivity (Wildman–Crippen MR) is 77.3 cm³/mol. The van der Waals surface area contributed by atoms with Crippen molar-refractivity contribution >= 4 is 23.1 Å². The van der Waals surface area contributed by atoms with Crippen molar-refractivity contribution < 1.29 is 4.79 Å². The lowest BCUT2D eigenvalue weighted by Crippen LogP contribution is -2.43. The van der Waals surface area contributed by atoms with Crippen molar-refractivity contribution in [3.05, 3.63) is 0 Å². The van der Waals surface area contributed by atoms with Gasteiger partial charge in [0.05, 0.1) is 4.99 Å². The van der Waals surface area contributed by atoms with E-state index in [0.717, 1.165) is 38.3 Å². The van der Waals surface area contributed by atoms with Crippen LogP contribution in [0.25, 0.3) is 0 Å². The smallest absolute Gasteiger partial charge is 0.222 e. The lowest BCUT2D eigenvalue weighted by Gasteiger charge is -2.32. The van der Waals surface area contributed by atoms with Crippen molar-refractivity contribution in [2.75, 3.05) is 13.1 Å². The van der Waals surface area contributed by atoms with E-state index in [0.29, 0.717) is 17.3 Å². The topological polar surface area (TPSA) is 46.3 Å². The number of nitrogens with two attached hydrogens (primary N) is 1. The van der Waals surface area contributed by atoms with Gasteiger partial charge in [0, 0.05) is 25.4 Å². The lowest BCUT2D eigenvalue weighted by atomic mass is 9.96. The minimum atomic E-state index is 0.240. The second-order valence-electron chi connectivity index (χ2n) is 5.77. The highest BCUT2D eigenvalue weighted by atomic mass is 32.1. The third-order valence-corrected chi connectivity index (χ3v) is 4.75. The van der Waals surface area contributed by atoms with E-state index in [-0.39, 0.29) is 5.92 Å². The average Bonchev–Trinajstić information content (AvgIpc) is 2.89. The van der Waals surface area contributed by atoms with Crippen LogP contribution in [0.4, 0.5) is 0 Å². The summed E-state index contributed by atoms with van der Waals surface area (Å²) in [5.74, 6) is 1.34. The van der Waals surface area contributed by atoms with Gasteiger partial charge in [-0.25, -0.2) is 0 Å². The summed E-state index contributed by atoms with van der Waals surface area (Å²) in [4.78, 5) is 14.7. The fraction of sp³-hybridized carbons (Fsp3) is 0.857. The van der Waals surface area contributed by atoms with Gasteiger partial charge in [0.2, 0.25) is 5.91 Å². The number of carbonyl (C=O) groups is 1. The van der Waals surface area contributed by atoms with Crippen LogP contribution in [0.3, 0.4) is 0 Å². The van der Waals surface area contributed by atoms with Gasteiger partial charge in [-0.05, 0) is 25.2 Å². The third kappa shape index (κ3) is 3.67. The van der Waals surface area contributed by atoms with Crippen molar-refractivity contribution in [3.63, 3.8) is 0 Å². The van der Waals surface area contributed by atoms with Crippen molar-refractivity contribution in [2.45, 2.75) is 51.4 Å². The molecule has 0 radical (unpaired) electrons. The normalized spacial score (nSPS) is 25.3. The molecule has 18 heavy (non-hydrogen) atoms. The van der Waals surface area contributed by atoms with Crippen LogP contribution in [0.1, 0.15) is 51.4 Å². The molecular formula is C14H24N2OS. The molecule has 2 N–H and O–H groups in total. The van der Waals surface area contributed by atoms with Gasteiger partial charge in [-0.2, -0.15) is 0 Å². The highest BCUT2D eigenvalue weighted by Crippen LogP contribution is 2.29. The minimum Gasteiger partial charge on any atom is -0.393 e. The molecule has 102 valence electrons. The molecule has 2 aliphatic rings. The van der Waals surface area contributed by atoms with E-state index in [1.807, 2.05) is 4.90 Å². The molecule has 1 aliphatic carbocycles. The number of amides is 1. The van der Waals surface area contributed by atoms with Crippen LogP contribution < -0.4 is 5.73 Å². The number of thiocarbonyl (C=S) groups is 1. The molecule has 4 heteroatoms. The maximum atomic E-state index is 12.2. The van der Waals surface area contributed by atoms with Crippen LogP contribution >= 0.6 is 12.2 Å². The highest BCUT2D eigenvalue weighted by Gasteiger charge is 2.25. The summed E-state index contributed by atoms with van der Waals surface area (Å²) in [6, 6.07) is 0. The van der Waals surface area contributed by atoms with Crippen molar-refractivity contribution in [2.24, 2.45) is 17.6 Å². The van der Waals surface area contributed by atoms with Gasteiger partial charge in [-0.15, -0.1) is 0 Å². The Kier molecular flexibility index (Phi) is 4.98. The first-order valence-corrected chi connectivity index (χ1v) is 7.64. The van der Waals surface area contributed by atoms with E-state index in [2.05, 4.69) is 0 Å². The molecule has 0 bridgehead atoms. The number of hydrogen-bond donors (Lipinski definition) is 1. The molecule has 1 saturated heterocycles. The Labute approximate surface area is 115 Å². The zero-order chi connectivity index (χ0) is 13.0. The average molecular weight is 268 g/mol. The second kappa shape index (κ2) is 6.50. The Bertz CT molecular complexity index is 313. The van der Waals surface area contributed by atoms with Crippen LogP contribution in [0.5, 0.6) is 0 Å². The summed E-state index contributed by atoms with van der Waals surface area (Å²) in [6.07, 6.45) is 9.23. The number of hydrogen-bond acceptors (Lipinski definition) is 2. The number of nitrogens with zero attached hydrogens (tertiary/aromatic N) is 1. The monoisotopic (exact) mass is 268 g/mol. The Morgan fingerprint density at radius 1 is 1.22 bits per heavy atom. The van der Waals surface area contributed by atoms with Gasteiger partial charge >= 0.3 is 0 Å². The van der Waals surface area contributed by atoms with E-state index < -0.39 is 0 Å². The van der Waals surface area contributed by atoms with Crippen molar-refractivity contribution in [1.82, 2.24) is 4.90 Å². The zero-order valence-corrected chi connectivity index (χ0v) is 11.9. The van der Waals surface area contributed by atoms with Crippen LogP contribution in [-0.4, -0.2) is 28.9 Å². The Hall–Kier alpha value is -0.640. The van der Waals surface area contributed by atoms with Gasteiger partial charge in [0.15, 0.2) is 0 Å². The molecule has 1 unspecified atom stereocenters. The molecule has 0 aromatic carbocycles. The fourth-order valence-electron chi connectivity index (χ4n) is 3.22. The molecule has 1 aliphatic heterocycles. The largest absolute Gasteiger partial charge is 0.393 e. The van der Waals surface area contributed by atoms with Crippen LogP contribution in [0.15, 0.2) is 0 Å². The van der Waals surface area contributed by atoms with E-state index in [1.54, 1.807) is 0 Å². The van der Waals surface area contributed by atoms with Crippen LogP contribution in [0.2, 0.25) is 0 Å². The molecule has 1 saturated carbocycles. The Morgan fingerprint density at radius 2 is 1.94 bits per heavy atom. The summed E-state index contributed by atoms with van der Waals surface area (Å²) >= 11 is 5.05. The maximum Gasteiger partial charge on any atom is 0.222 e. The summed E-state index contributed by atoms with van der Waals surface area (Å²) < 4.78 is 0. The number of piperidine rings is 1. The van der Waals surface area contributed by atoms with E-state index in [9.17, 15) is 4.79 Å². The van der Waals surface area contributed by atoms with Crippen LogP contribution in [-0.2, 0) is 4.79 Å². The fourth-order valence-corrected chi connectivity index (χ4v) is 3.41. The summed E-state index contributed by atoms with van der Waals surface area (Å²) in [6.45, 7) is 1.64. The molecule has 1 atom stereocenters. The second-order valence-corrected chi connectivity index (χ2v) is 6.24. The number of carbonyl (C=O) groups excluding carboxylic acids is 1. The summed E-state index contributed by atoms with van der Waals surface area (Å²) in [5, 5.41) is 0. The molecule has 2 fully saturated rings.